The maximum Gasteiger partial charge on any atom is 0.231 e. The maximum atomic E-state index is 13.5. The van der Waals surface area contributed by atoms with Crippen LogP contribution in [0.3, 0.4) is 0 Å². The largest absolute Gasteiger partial charge is 0.494 e. The van der Waals surface area contributed by atoms with E-state index in [9.17, 15) is 14.3 Å². The Balaban J connectivity index is 1.33. The van der Waals surface area contributed by atoms with Gasteiger partial charge in [-0.15, -0.1) is 0 Å². The van der Waals surface area contributed by atoms with Crippen molar-refractivity contribution in [1.82, 2.24) is 19.9 Å². The molecule has 6 rings (SSSR count). The van der Waals surface area contributed by atoms with Gasteiger partial charge in [-0.25, -0.2) is 4.39 Å². The van der Waals surface area contributed by atoms with Crippen molar-refractivity contribution in [1.29, 1.82) is 0 Å². The maximum absolute atomic E-state index is 13.5. The highest BCUT2D eigenvalue weighted by Gasteiger charge is 2.25. The lowest BCUT2D eigenvalue weighted by Gasteiger charge is -2.34. The molecule has 2 aromatic heterocycles. The number of nitrogens with one attached hydrogen (secondary N) is 3. The second-order valence-corrected chi connectivity index (χ2v) is 11.5. The van der Waals surface area contributed by atoms with Gasteiger partial charge in [0, 0.05) is 62.3 Å². The minimum atomic E-state index is -0.401. The van der Waals surface area contributed by atoms with E-state index < -0.39 is 5.82 Å². The first kappa shape index (κ1) is 28.9. The van der Waals surface area contributed by atoms with Crippen LogP contribution in [0.15, 0.2) is 48.7 Å². The van der Waals surface area contributed by atoms with Gasteiger partial charge in [-0.05, 0) is 75.0 Å². The molecule has 0 amide bonds. The number of aliphatic hydroxyl groups excluding tert-OH is 1. The number of aromatic amines is 1. The Bertz CT molecular complexity index is 1580. The number of nitrogens with zero attached hydrogens (tertiary/aromatic N) is 4. The first-order valence-corrected chi connectivity index (χ1v) is 14.9. The van der Waals surface area contributed by atoms with Crippen LogP contribution in [0.2, 0.25) is 0 Å². The predicted octanol–water partition coefficient (Wildman–Crippen LogP) is 4.80. The van der Waals surface area contributed by atoms with Gasteiger partial charge in [0.25, 0.3) is 0 Å². The summed E-state index contributed by atoms with van der Waals surface area (Å²) in [5.74, 6) is 1.23. The van der Waals surface area contributed by atoms with E-state index in [1.165, 1.54) is 24.3 Å². The second kappa shape index (κ2) is 12.6. The Kier molecular flexibility index (Phi) is 8.44. The molecule has 1 saturated heterocycles. The smallest absolute Gasteiger partial charge is 0.231 e. The van der Waals surface area contributed by atoms with Gasteiger partial charge in [0.2, 0.25) is 5.95 Å². The highest BCUT2D eigenvalue weighted by atomic mass is 19.1. The number of hydrogen-bond donors (Lipinski definition) is 4. The lowest BCUT2D eigenvalue weighted by molar-refractivity contribution is 0.104. The van der Waals surface area contributed by atoms with Crippen LogP contribution in [0.25, 0.3) is 11.0 Å². The minimum absolute atomic E-state index is 0.134. The molecule has 1 saturated carbocycles. The third-order valence-corrected chi connectivity index (χ3v) is 8.63. The van der Waals surface area contributed by atoms with Crippen molar-refractivity contribution in [3.63, 3.8) is 0 Å². The van der Waals surface area contributed by atoms with Gasteiger partial charge in [0.05, 0.1) is 23.7 Å². The second-order valence-electron chi connectivity index (χ2n) is 11.5. The quantitative estimate of drug-likeness (QED) is 0.205. The first-order chi connectivity index (χ1) is 20.9. The normalized spacial score (nSPS) is 19.4. The highest BCUT2D eigenvalue weighted by Crippen LogP contribution is 2.35. The molecular formula is C32H38FN7O3. The first-order valence-electron chi connectivity index (χ1n) is 14.9. The number of ketones is 1. The molecule has 43 heavy (non-hydrogen) atoms. The van der Waals surface area contributed by atoms with Crippen LogP contribution < -0.4 is 20.3 Å². The molecule has 4 N–H and O–H groups in total. The average molecular weight is 588 g/mol. The van der Waals surface area contributed by atoms with Gasteiger partial charge >= 0.3 is 0 Å². The monoisotopic (exact) mass is 587 g/mol. The Morgan fingerprint density at radius 3 is 2.51 bits per heavy atom. The number of rotatable bonds is 9. The summed E-state index contributed by atoms with van der Waals surface area (Å²) in [4.78, 5) is 30.9. The standard InChI is InChI=1S/C32H38FN7O3/c1-39-13-15-40(16-14-39)24-11-12-26(27(17-24)43-2)36-32-37-30-28(31(38-32)35-23-9-3-20(19-41)4-10-23)25(18-34-30)29(42)21-5-7-22(33)8-6-21/h5-8,11-12,17-18,20,23,41H,3-4,9-10,13-16,19H2,1-2H3,(H3,34,35,36,37,38). The summed E-state index contributed by atoms with van der Waals surface area (Å²) in [6.07, 6.45) is 5.23. The third kappa shape index (κ3) is 6.28. The van der Waals surface area contributed by atoms with Crippen LogP contribution in [0.4, 0.5) is 27.5 Å². The molecule has 10 nitrogen and oxygen atoms in total. The molecule has 226 valence electrons. The minimum Gasteiger partial charge on any atom is -0.494 e. The number of aliphatic hydroxyl groups is 1. The van der Waals surface area contributed by atoms with E-state index >= 15 is 0 Å². The number of fused-ring (bicyclic) bond motifs is 1. The van der Waals surface area contributed by atoms with Crippen molar-refractivity contribution < 1.29 is 19.0 Å². The summed E-state index contributed by atoms with van der Waals surface area (Å²) >= 11 is 0. The summed E-state index contributed by atoms with van der Waals surface area (Å²) in [6.45, 7) is 4.12. The number of carbonyl (C=O) groups is 1. The zero-order chi connectivity index (χ0) is 29.9. The number of carbonyl (C=O) groups excluding carboxylic acids is 1. The van der Waals surface area contributed by atoms with Crippen LogP contribution in [0, 0.1) is 11.7 Å². The van der Waals surface area contributed by atoms with E-state index in [1.807, 2.05) is 12.1 Å². The van der Waals surface area contributed by atoms with Crippen LogP contribution in [-0.2, 0) is 0 Å². The van der Waals surface area contributed by atoms with Gasteiger partial charge in [0.1, 0.15) is 23.0 Å². The summed E-state index contributed by atoms with van der Waals surface area (Å²) in [7, 11) is 3.78. The number of anilines is 4. The number of likely N-dealkylation sites (N-methyl/N-ethyl adjacent to an activating group) is 1. The predicted molar refractivity (Wildman–Crippen MR) is 166 cm³/mol. The highest BCUT2D eigenvalue weighted by molar-refractivity contribution is 6.18. The fraction of sp³-hybridized carbons (Fsp3) is 0.406. The number of hydrogen-bond acceptors (Lipinski definition) is 9. The molecule has 0 spiro atoms. The molecule has 3 heterocycles. The number of piperazine rings is 1. The van der Waals surface area contributed by atoms with Crippen molar-refractivity contribution in [3.8, 4) is 5.75 Å². The van der Waals surface area contributed by atoms with Crippen molar-refractivity contribution in [3.05, 3.63) is 65.6 Å². The van der Waals surface area contributed by atoms with Crippen LogP contribution >= 0.6 is 0 Å². The molecule has 11 heteroatoms. The van der Waals surface area contributed by atoms with E-state index in [0.717, 1.165) is 63.2 Å². The molecule has 4 aromatic rings. The van der Waals surface area contributed by atoms with Crippen molar-refractivity contribution in [2.24, 2.45) is 5.92 Å². The number of halogens is 1. The lowest BCUT2D eigenvalue weighted by Crippen LogP contribution is -2.44. The fourth-order valence-electron chi connectivity index (χ4n) is 5.98. The fourth-order valence-corrected chi connectivity index (χ4v) is 5.98. The Hall–Kier alpha value is -4.22. The number of H-pyrrole nitrogens is 1. The Labute approximate surface area is 250 Å². The number of methoxy groups -OCH3 is 1. The van der Waals surface area contributed by atoms with Gasteiger partial charge in [-0.1, -0.05) is 0 Å². The molecule has 0 radical (unpaired) electrons. The molecule has 0 unspecified atom stereocenters. The SMILES string of the molecule is COc1cc(N2CCN(C)CC2)ccc1Nc1nc(NC2CCC(CO)CC2)c2c(C(=O)c3ccc(F)cc3)c[nH]c2n1. The van der Waals surface area contributed by atoms with Crippen molar-refractivity contribution in [2.75, 3.05) is 62.5 Å². The molecule has 2 aliphatic rings. The molecule has 1 aliphatic heterocycles. The van der Waals surface area contributed by atoms with E-state index in [1.54, 1.807) is 13.3 Å². The summed E-state index contributed by atoms with van der Waals surface area (Å²) in [5, 5.41) is 17.1. The van der Waals surface area contributed by atoms with E-state index in [-0.39, 0.29) is 18.4 Å². The summed E-state index contributed by atoms with van der Waals surface area (Å²) in [6, 6.07) is 11.7. The van der Waals surface area contributed by atoms with Crippen LogP contribution in [0.5, 0.6) is 5.75 Å². The van der Waals surface area contributed by atoms with Crippen LogP contribution in [0.1, 0.15) is 41.6 Å². The van der Waals surface area contributed by atoms with Crippen molar-refractivity contribution >= 4 is 40.0 Å². The van der Waals surface area contributed by atoms with Crippen molar-refractivity contribution in [2.45, 2.75) is 31.7 Å². The molecule has 1 aliphatic carbocycles. The Morgan fingerprint density at radius 1 is 1.07 bits per heavy atom. The number of ether oxygens (including phenoxy) is 1. The lowest BCUT2D eigenvalue weighted by atomic mass is 9.86. The van der Waals surface area contributed by atoms with E-state index in [0.29, 0.717) is 45.6 Å². The molecule has 2 fully saturated rings. The van der Waals surface area contributed by atoms with E-state index in [4.69, 9.17) is 14.7 Å². The van der Waals surface area contributed by atoms with E-state index in [2.05, 4.69) is 38.5 Å². The van der Waals surface area contributed by atoms with Crippen LogP contribution in [-0.4, -0.2) is 83.7 Å². The molecule has 0 bridgehead atoms. The average Bonchev–Trinajstić information content (AvgIpc) is 3.46. The molecule has 0 atom stereocenters. The zero-order valence-electron chi connectivity index (χ0n) is 24.6. The zero-order valence-corrected chi connectivity index (χ0v) is 24.6. The number of benzene rings is 2. The van der Waals surface area contributed by atoms with Gasteiger partial charge < -0.3 is 35.3 Å². The summed E-state index contributed by atoms with van der Waals surface area (Å²) in [5.41, 5.74) is 3.12. The number of aromatic nitrogens is 3. The van der Waals surface area contributed by atoms with Gasteiger partial charge in [-0.2, -0.15) is 9.97 Å². The van der Waals surface area contributed by atoms with Gasteiger partial charge in [0.15, 0.2) is 5.78 Å². The third-order valence-electron chi connectivity index (χ3n) is 8.63. The molecule has 2 aromatic carbocycles. The Morgan fingerprint density at radius 2 is 1.81 bits per heavy atom. The molecular weight excluding hydrogens is 549 g/mol. The summed E-state index contributed by atoms with van der Waals surface area (Å²) < 4.78 is 19.3. The topological polar surface area (TPSA) is 119 Å². The van der Waals surface area contributed by atoms with Gasteiger partial charge in [-0.3, -0.25) is 4.79 Å².